The van der Waals surface area contributed by atoms with Gasteiger partial charge >= 0.3 is 0 Å². The van der Waals surface area contributed by atoms with E-state index in [1.54, 1.807) is 31.3 Å². The van der Waals surface area contributed by atoms with Crippen LogP contribution < -0.4 is 4.90 Å². The molecule has 0 aromatic heterocycles. The molecule has 0 aliphatic heterocycles. The summed E-state index contributed by atoms with van der Waals surface area (Å²) in [5.41, 5.74) is 0.837. The third-order valence-electron chi connectivity index (χ3n) is 1.39. The number of hydrogen-bond donors (Lipinski definition) is 0. The highest BCUT2D eigenvalue weighted by Crippen LogP contribution is 2.15. The fraction of sp³-hybridized carbons (Fsp3) is 0.125. The quantitative estimate of drug-likeness (QED) is 0.620. The third kappa shape index (κ3) is 1.95. The summed E-state index contributed by atoms with van der Waals surface area (Å²) in [4.78, 5) is 11.8. The molecule has 58 valence electrons. The van der Waals surface area contributed by atoms with E-state index < -0.39 is 0 Å². The number of hydrogen-bond acceptors (Lipinski definition) is 1. The van der Waals surface area contributed by atoms with Crippen LogP contribution >= 0.6 is 11.6 Å². The minimum absolute atomic E-state index is 0.674. The van der Waals surface area contributed by atoms with Gasteiger partial charge in [-0.15, -0.1) is 0 Å². The average Bonchev–Trinajstić information content (AvgIpc) is 2.05. The Bertz CT molecular complexity index is 245. The van der Waals surface area contributed by atoms with Crippen molar-refractivity contribution in [3.05, 3.63) is 29.3 Å². The SMILES string of the molecule is CN(C=O)c1ccc(Cl)cc1. The van der Waals surface area contributed by atoms with E-state index >= 15 is 0 Å². The predicted molar refractivity (Wildman–Crippen MR) is 45.9 cm³/mol. The lowest BCUT2D eigenvalue weighted by molar-refractivity contribution is -0.107. The fourth-order valence-electron chi connectivity index (χ4n) is 0.737. The molecule has 0 aliphatic carbocycles. The molecule has 0 saturated heterocycles. The van der Waals surface area contributed by atoms with Gasteiger partial charge in [-0.05, 0) is 24.3 Å². The van der Waals surface area contributed by atoms with Gasteiger partial charge < -0.3 is 4.90 Å². The number of anilines is 1. The molecule has 1 aromatic rings. The van der Waals surface area contributed by atoms with Crippen LogP contribution in [0, 0.1) is 0 Å². The summed E-state index contributed by atoms with van der Waals surface area (Å²) < 4.78 is 0. The number of halogens is 1. The first-order chi connectivity index (χ1) is 5.24. The smallest absolute Gasteiger partial charge is 0.213 e. The van der Waals surface area contributed by atoms with E-state index in [-0.39, 0.29) is 0 Å². The Labute approximate surface area is 70.4 Å². The molecule has 0 aliphatic rings. The first-order valence-electron chi connectivity index (χ1n) is 3.18. The van der Waals surface area contributed by atoms with Crippen LogP contribution in [0.15, 0.2) is 24.3 Å². The Kier molecular flexibility index (Phi) is 2.49. The minimum Gasteiger partial charge on any atom is -0.318 e. The Morgan fingerprint density at radius 2 is 1.91 bits per heavy atom. The summed E-state index contributed by atoms with van der Waals surface area (Å²) >= 11 is 5.65. The number of nitrogens with zero attached hydrogens (tertiary/aromatic N) is 1. The second kappa shape index (κ2) is 3.39. The van der Waals surface area contributed by atoms with Crippen molar-refractivity contribution >= 4 is 23.7 Å². The Morgan fingerprint density at radius 3 is 2.36 bits per heavy atom. The summed E-state index contributed by atoms with van der Waals surface area (Å²) in [6, 6.07) is 7.07. The second-order valence-electron chi connectivity index (χ2n) is 2.19. The Balaban J connectivity index is 2.89. The van der Waals surface area contributed by atoms with Crippen molar-refractivity contribution in [2.24, 2.45) is 0 Å². The van der Waals surface area contributed by atoms with Crippen LogP contribution in [0.4, 0.5) is 5.69 Å². The molecule has 0 saturated carbocycles. The third-order valence-corrected chi connectivity index (χ3v) is 1.64. The molecule has 1 amide bonds. The van der Waals surface area contributed by atoms with Gasteiger partial charge in [0.1, 0.15) is 0 Å². The number of rotatable bonds is 2. The highest BCUT2D eigenvalue weighted by atomic mass is 35.5. The topological polar surface area (TPSA) is 20.3 Å². The molecule has 11 heavy (non-hydrogen) atoms. The van der Waals surface area contributed by atoms with Crippen LogP contribution in [0.5, 0.6) is 0 Å². The minimum atomic E-state index is 0.674. The van der Waals surface area contributed by atoms with Gasteiger partial charge in [0.2, 0.25) is 6.41 Å². The zero-order valence-electron chi connectivity index (χ0n) is 6.12. The normalized spacial score (nSPS) is 9.27. The lowest BCUT2D eigenvalue weighted by atomic mass is 10.3. The van der Waals surface area contributed by atoms with E-state index in [0.29, 0.717) is 5.02 Å². The standard InChI is InChI=1S/C8H8ClNO/c1-10(6-11)8-4-2-7(9)3-5-8/h2-6H,1H3. The summed E-state index contributed by atoms with van der Waals surface area (Å²) in [7, 11) is 1.69. The molecule has 0 N–H and O–H groups in total. The van der Waals surface area contributed by atoms with E-state index in [1.165, 1.54) is 4.90 Å². The largest absolute Gasteiger partial charge is 0.318 e. The van der Waals surface area contributed by atoms with Crippen molar-refractivity contribution in [2.45, 2.75) is 0 Å². The molecule has 0 atom stereocenters. The van der Waals surface area contributed by atoms with Crippen molar-refractivity contribution in [1.82, 2.24) is 0 Å². The van der Waals surface area contributed by atoms with Gasteiger partial charge in [-0.3, -0.25) is 4.79 Å². The number of carbonyl (C=O) groups excluding carboxylic acids is 1. The van der Waals surface area contributed by atoms with E-state index in [9.17, 15) is 4.79 Å². The van der Waals surface area contributed by atoms with Gasteiger partial charge in [0, 0.05) is 17.8 Å². The maximum Gasteiger partial charge on any atom is 0.213 e. The zero-order chi connectivity index (χ0) is 8.27. The predicted octanol–water partition coefficient (Wildman–Crippen LogP) is 1.93. The van der Waals surface area contributed by atoms with Gasteiger partial charge in [0.25, 0.3) is 0 Å². The molecule has 1 rings (SSSR count). The van der Waals surface area contributed by atoms with Crippen molar-refractivity contribution in [3.63, 3.8) is 0 Å². The van der Waals surface area contributed by atoms with E-state index in [0.717, 1.165) is 12.1 Å². The van der Waals surface area contributed by atoms with E-state index in [2.05, 4.69) is 0 Å². The Morgan fingerprint density at radius 1 is 1.36 bits per heavy atom. The molecular formula is C8H8ClNO. The first-order valence-corrected chi connectivity index (χ1v) is 3.55. The lowest BCUT2D eigenvalue weighted by Crippen LogP contribution is -2.13. The molecular weight excluding hydrogens is 162 g/mol. The molecule has 1 aromatic carbocycles. The molecule has 0 heterocycles. The van der Waals surface area contributed by atoms with E-state index in [1.807, 2.05) is 0 Å². The molecule has 0 radical (unpaired) electrons. The van der Waals surface area contributed by atoms with Gasteiger partial charge in [-0.2, -0.15) is 0 Å². The van der Waals surface area contributed by atoms with Crippen LogP contribution in [0.25, 0.3) is 0 Å². The average molecular weight is 170 g/mol. The lowest BCUT2D eigenvalue weighted by Gasteiger charge is -2.09. The van der Waals surface area contributed by atoms with Crippen LogP contribution in [0.1, 0.15) is 0 Å². The monoisotopic (exact) mass is 169 g/mol. The van der Waals surface area contributed by atoms with Crippen LogP contribution in [-0.2, 0) is 4.79 Å². The maximum atomic E-state index is 10.3. The summed E-state index contributed by atoms with van der Waals surface area (Å²) in [5.74, 6) is 0. The van der Waals surface area contributed by atoms with Crippen molar-refractivity contribution in [2.75, 3.05) is 11.9 Å². The van der Waals surface area contributed by atoms with Gasteiger partial charge in [0.05, 0.1) is 0 Å². The molecule has 2 nitrogen and oxygen atoms in total. The zero-order valence-corrected chi connectivity index (χ0v) is 6.88. The van der Waals surface area contributed by atoms with Crippen molar-refractivity contribution < 1.29 is 4.79 Å². The van der Waals surface area contributed by atoms with Gasteiger partial charge in [-0.25, -0.2) is 0 Å². The highest BCUT2D eigenvalue weighted by molar-refractivity contribution is 6.30. The molecule has 0 bridgehead atoms. The maximum absolute atomic E-state index is 10.3. The second-order valence-corrected chi connectivity index (χ2v) is 2.63. The molecule has 3 heteroatoms. The summed E-state index contributed by atoms with van der Waals surface area (Å²) in [6.07, 6.45) is 0.753. The molecule has 0 spiro atoms. The Hall–Kier alpha value is -1.02. The first kappa shape index (κ1) is 8.08. The number of carbonyl (C=O) groups is 1. The van der Waals surface area contributed by atoms with Gasteiger partial charge in [-0.1, -0.05) is 11.6 Å². The van der Waals surface area contributed by atoms with Crippen LogP contribution in [0.3, 0.4) is 0 Å². The highest BCUT2D eigenvalue weighted by Gasteiger charge is 1.96. The fourth-order valence-corrected chi connectivity index (χ4v) is 0.863. The van der Waals surface area contributed by atoms with Crippen molar-refractivity contribution in [3.8, 4) is 0 Å². The van der Waals surface area contributed by atoms with Crippen LogP contribution in [0.2, 0.25) is 5.02 Å². The van der Waals surface area contributed by atoms with Gasteiger partial charge in [0.15, 0.2) is 0 Å². The summed E-state index contributed by atoms with van der Waals surface area (Å²) in [6.45, 7) is 0. The number of amides is 1. The van der Waals surface area contributed by atoms with Crippen LogP contribution in [-0.4, -0.2) is 13.5 Å². The molecule has 0 fully saturated rings. The summed E-state index contributed by atoms with van der Waals surface area (Å²) in [5, 5.41) is 0.674. The van der Waals surface area contributed by atoms with E-state index in [4.69, 9.17) is 11.6 Å². The number of benzene rings is 1. The molecule has 0 unspecified atom stereocenters. The van der Waals surface area contributed by atoms with Crippen molar-refractivity contribution in [1.29, 1.82) is 0 Å².